The molecule has 0 radical (unpaired) electrons. The minimum atomic E-state index is -0.734. The van der Waals surface area contributed by atoms with E-state index in [1.807, 2.05) is 0 Å². The molecule has 1 rings (SSSR count). The van der Waals surface area contributed by atoms with E-state index in [2.05, 4.69) is 4.74 Å². The van der Waals surface area contributed by atoms with Crippen molar-refractivity contribution in [1.82, 2.24) is 0 Å². The maximum Gasteiger partial charge on any atom is 0.322 e. The van der Waals surface area contributed by atoms with Gasteiger partial charge in [-0.25, -0.2) is 4.39 Å². The molecule has 84 valence electrons. The number of halogens is 2. The fraction of sp³-hybridized carbons (Fsp3) is 0.300. The van der Waals surface area contributed by atoms with E-state index in [9.17, 15) is 9.18 Å². The van der Waals surface area contributed by atoms with Gasteiger partial charge in [-0.3, -0.25) is 4.79 Å². The first kappa shape index (κ1) is 13.9. The van der Waals surface area contributed by atoms with Gasteiger partial charge in [0.25, 0.3) is 0 Å². The number of rotatable bonds is 3. The molecular weight excluding hydrogens is 221 g/mol. The highest BCUT2D eigenvalue weighted by Gasteiger charge is 2.13. The number of carbonyl (C=O) groups excluding carboxylic acids is 1. The molecule has 0 saturated carbocycles. The summed E-state index contributed by atoms with van der Waals surface area (Å²) in [6.07, 6.45) is 0.282. The maximum atomic E-state index is 12.7. The van der Waals surface area contributed by atoms with Crippen LogP contribution in [-0.4, -0.2) is 19.1 Å². The number of hydrogen-bond donors (Lipinski definition) is 1. The summed E-state index contributed by atoms with van der Waals surface area (Å²) >= 11 is 0. The molecule has 1 aromatic carbocycles. The molecule has 3 nitrogen and oxygen atoms in total. The fourth-order valence-corrected chi connectivity index (χ4v) is 1.15. The minimum Gasteiger partial charge on any atom is -0.468 e. The summed E-state index contributed by atoms with van der Waals surface area (Å²) in [4.78, 5) is 11.0. The predicted molar refractivity (Wildman–Crippen MR) is 57.3 cm³/mol. The molecule has 0 aliphatic heterocycles. The van der Waals surface area contributed by atoms with Crippen molar-refractivity contribution in [3.63, 3.8) is 0 Å². The van der Waals surface area contributed by atoms with Crippen LogP contribution in [0.1, 0.15) is 5.56 Å². The Morgan fingerprint density at radius 1 is 1.60 bits per heavy atom. The van der Waals surface area contributed by atoms with Crippen molar-refractivity contribution in [3.8, 4) is 0 Å². The molecule has 5 heteroatoms. The molecule has 0 heterocycles. The normalized spacial score (nSPS) is 11.4. The van der Waals surface area contributed by atoms with Crippen molar-refractivity contribution >= 4 is 18.4 Å². The van der Waals surface area contributed by atoms with Gasteiger partial charge in [-0.15, -0.1) is 12.4 Å². The largest absolute Gasteiger partial charge is 0.468 e. The van der Waals surface area contributed by atoms with Crippen LogP contribution in [0.3, 0.4) is 0 Å². The zero-order valence-electron chi connectivity index (χ0n) is 8.27. The first-order valence-corrected chi connectivity index (χ1v) is 4.21. The Hall–Kier alpha value is -1.13. The minimum absolute atomic E-state index is 0. The van der Waals surface area contributed by atoms with Gasteiger partial charge in [0, 0.05) is 0 Å². The second kappa shape index (κ2) is 6.37. The molecule has 0 aromatic heterocycles. The van der Waals surface area contributed by atoms with Gasteiger partial charge in [0.1, 0.15) is 11.9 Å². The van der Waals surface area contributed by atoms with Gasteiger partial charge >= 0.3 is 5.97 Å². The summed E-state index contributed by atoms with van der Waals surface area (Å²) in [5.74, 6) is -0.825. The molecule has 15 heavy (non-hydrogen) atoms. The van der Waals surface area contributed by atoms with E-state index in [1.54, 1.807) is 12.1 Å². The standard InChI is InChI=1S/C10H12FNO2.ClH/c1-14-10(13)9(12)6-7-3-2-4-8(11)5-7;/h2-5,9H,6,12H2,1H3;1H/t9-;/m0./s1. The van der Waals surface area contributed by atoms with Gasteiger partial charge in [-0.05, 0) is 24.1 Å². The Morgan fingerprint density at radius 3 is 2.80 bits per heavy atom. The summed E-state index contributed by atoms with van der Waals surface area (Å²) in [6.45, 7) is 0. The first-order valence-electron chi connectivity index (χ1n) is 4.21. The Kier molecular flexibility index (Phi) is 5.89. The van der Waals surface area contributed by atoms with Crippen molar-refractivity contribution in [2.24, 2.45) is 5.73 Å². The van der Waals surface area contributed by atoms with Crippen LogP contribution < -0.4 is 5.73 Å². The number of nitrogens with two attached hydrogens (primary N) is 1. The van der Waals surface area contributed by atoms with Gasteiger partial charge < -0.3 is 10.5 Å². The maximum absolute atomic E-state index is 12.7. The molecule has 0 fully saturated rings. The molecular formula is C10H13ClFNO2. The summed E-state index contributed by atoms with van der Waals surface area (Å²) in [6, 6.07) is 5.25. The van der Waals surface area contributed by atoms with E-state index in [0.29, 0.717) is 5.56 Å². The Labute approximate surface area is 93.8 Å². The summed E-state index contributed by atoms with van der Waals surface area (Å²) in [7, 11) is 1.27. The smallest absolute Gasteiger partial charge is 0.322 e. The van der Waals surface area contributed by atoms with Crippen LogP contribution in [0.15, 0.2) is 24.3 Å². The molecule has 1 aromatic rings. The lowest BCUT2D eigenvalue weighted by Crippen LogP contribution is -2.33. The van der Waals surface area contributed by atoms with Gasteiger partial charge in [0.2, 0.25) is 0 Å². The zero-order chi connectivity index (χ0) is 10.6. The van der Waals surface area contributed by atoms with Crippen LogP contribution in [0.4, 0.5) is 4.39 Å². The van der Waals surface area contributed by atoms with Crippen molar-refractivity contribution in [2.45, 2.75) is 12.5 Å². The van der Waals surface area contributed by atoms with Gasteiger partial charge in [0.05, 0.1) is 7.11 Å². The highest BCUT2D eigenvalue weighted by Crippen LogP contribution is 2.06. The van der Waals surface area contributed by atoms with E-state index in [-0.39, 0.29) is 24.6 Å². The third kappa shape index (κ3) is 4.27. The third-order valence-electron chi connectivity index (χ3n) is 1.85. The lowest BCUT2D eigenvalue weighted by Gasteiger charge is -2.08. The molecule has 1 atom stereocenters. The van der Waals surface area contributed by atoms with Crippen LogP contribution in [-0.2, 0) is 16.0 Å². The monoisotopic (exact) mass is 233 g/mol. The second-order valence-corrected chi connectivity index (χ2v) is 2.96. The average molecular weight is 234 g/mol. The first-order chi connectivity index (χ1) is 6.63. The Balaban J connectivity index is 0.00000196. The predicted octanol–water partition coefficient (Wildman–Crippen LogP) is 1.29. The topological polar surface area (TPSA) is 52.3 Å². The molecule has 0 amide bonds. The number of hydrogen-bond acceptors (Lipinski definition) is 3. The highest BCUT2D eigenvalue weighted by molar-refractivity contribution is 5.85. The van der Waals surface area contributed by atoms with E-state index < -0.39 is 12.0 Å². The second-order valence-electron chi connectivity index (χ2n) is 2.96. The lowest BCUT2D eigenvalue weighted by molar-refractivity contribution is -0.142. The van der Waals surface area contributed by atoms with Crippen LogP contribution >= 0.6 is 12.4 Å². The lowest BCUT2D eigenvalue weighted by atomic mass is 10.1. The van der Waals surface area contributed by atoms with E-state index in [4.69, 9.17) is 5.73 Å². The van der Waals surface area contributed by atoms with Crippen LogP contribution in [0.5, 0.6) is 0 Å². The molecule has 0 aliphatic rings. The summed E-state index contributed by atoms with van der Waals surface area (Å²) < 4.78 is 17.2. The highest BCUT2D eigenvalue weighted by atomic mass is 35.5. The SMILES string of the molecule is COC(=O)[C@@H](N)Cc1cccc(F)c1.Cl. The van der Waals surface area contributed by atoms with Gasteiger partial charge in [0.15, 0.2) is 0 Å². The van der Waals surface area contributed by atoms with Crippen LogP contribution in [0.2, 0.25) is 0 Å². The van der Waals surface area contributed by atoms with E-state index >= 15 is 0 Å². The van der Waals surface area contributed by atoms with Crippen molar-refractivity contribution in [3.05, 3.63) is 35.6 Å². The number of ether oxygens (including phenoxy) is 1. The number of carbonyl (C=O) groups is 1. The third-order valence-corrected chi connectivity index (χ3v) is 1.85. The average Bonchev–Trinajstić information content (AvgIpc) is 2.16. The fourth-order valence-electron chi connectivity index (χ4n) is 1.15. The molecule has 0 spiro atoms. The number of esters is 1. The zero-order valence-corrected chi connectivity index (χ0v) is 9.09. The number of benzene rings is 1. The van der Waals surface area contributed by atoms with Gasteiger partial charge in [-0.2, -0.15) is 0 Å². The Morgan fingerprint density at radius 2 is 2.27 bits per heavy atom. The van der Waals surface area contributed by atoms with E-state index in [1.165, 1.54) is 19.2 Å². The Bertz CT molecular complexity index is 333. The molecule has 0 aliphatic carbocycles. The molecule has 0 unspecified atom stereocenters. The van der Waals surface area contributed by atoms with Gasteiger partial charge in [-0.1, -0.05) is 12.1 Å². The van der Waals surface area contributed by atoms with Crippen LogP contribution in [0.25, 0.3) is 0 Å². The van der Waals surface area contributed by atoms with Crippen molar-refractivity contribution in [2.75, 3.05) is 7.11 Å². The quantitative estimate of drug-likeness (QED) is 0.801. The molecule has 2 N–H and O–H groups in total. The summed E-state index contributed by atoms with van der Waals surface area (Å²) in [5, 5.41) is 0. The van der Waals surface area contributed by atoms with Crippen molar-refractivity contribution in [1.29, 1.82) is 0 Å². The summed E-state index contributed by atoms with van der Waals surface area (Å²) in [5.41, 5.74) is 6.20. The molecule has 0 saturated heterocycles. The molecule has 0 bridgehead atoms. The van der Waals surface area contributed by atoms with Crippen molar-refractivity contribution < 1.29 is 13.9 Å². The van der Waals surface area contributed by atoms with Crippen LogP contribution in [0, 0.1) is 5.82 Å². The van der Waals surface area contributed by atoms with E-state index in [0.717, 1.165) is 0 Å². The number of methoxy groups -OCH3 is 1.